The molecule has 0 N–H and O–H groups in total. The zero-order valence-electron chi connectivity index (χ0n) is 16.9. The van der Waals surface area contributed by atoms with Gasteiger partial charge < -0.3 is 0 Å². The van der Waals surface area contributed by atoms with Gasteiger partial charge in [0.05, 0.1) is 5.70 Å². The summed E-state index contributed by atoms with van der Waals surface area (Å²) in [4.78, 5) is 1.31. The highest BCUT2D eigenvalue weighted by atomic mass is 32.2. The molecular weight excluding hydrogens is 344 g/mol. The van der Waals surface area contributed by atoms with Crippen molar-refractivity contribution in [3.8, 4) is 0 Å². The van der Waals surface area contributed by atoms with Crippen molar-refractivity contribution in [2.75, 3.05) is 13.3 Å². The van der Waals surface area contributed by atoms with Gasteiger partial charge in [-0.25, -0.2) is 0 Å². The van der Waals surface area contributed by atoms with Crippen LogP contribution in [0.25, 0.3) is 5.70 Å². The molecule has 0 aliphatic rings. The van der Waals surface area contributed by atoms with Crippen LogP contribution in [0.2, 0.25) is 0 Å². The summed E-state index contributed by atoms with van der Waals surface area (Å²) in [7, 11) is 2.03. The number of rotatable bonds is 7. The molecule has 0 bridgehead atoms. The normalized spacial score (nSPS) is 12.7. The molecule has 4 heteroatoms. The first-order chi connectivity index (χ1) is 11.7. The molecular formula is C21H32N2S2. The molecule has 0 spiro atoms. The smallest absolute Gasteiger partial charge is 0.119 e. The first-order valence-corrected chi connectivity index (χ1v) is 10.8. The first kappa shape index (κ1) is 21.9. The number of nitrogens with zero attached hydrogens (tertiary/aromatic N) is 2. The maximum absolute atomic E-state index is 4.89. The maximum Gasteiger partial charge on any atom is 0.119 e. The summed E-state index contributed by atoms with van der Waals surface area (Å²) in [6.07, 6.45) is 3.24. The fourth-order valence-electron chi connectivity index (χ4n) is 2.44. The lowest BCUT2D eigenvalue weighted by molar-refractivity contribution is 0.514. The molecule has 25 heavy (non-hydrogen) atoms. The van der Waals surface area contributed by atoms with Crippen LogP contribution in [0.5, 0.6) is 0 Å². The number of thioether (sulfide) groups is 2. The van der Waals surface area contributed by atoms with Gasteiger partial charge in [0, 0.05) is 22.8 Å². The van der Waals surface area contributed by atoms with Gasteiger partial charge in [-0.2, -0.15) is 5.10 Å². The molecule has 0 saturated carbocycles. The minimum atomic E-state index is 0.529. The van der Waals surface area contributed by atoms with Gasteiger partial charge >= 0.3 is 0 Å². The van der Waals surface area contributed by atoms with Crippen LogP contribution in [0.3, 0.4) is 0 Å². The second-order valence-electron chi connectivity index (χ2n) is 6.58. The summed E-state index contributed by atoms with van der Waals surface area (Å²) in [5.74, 6) is 0. The van der Waals surface area contributed by atoms with E-state index in [0.29, 0.717) is 5.25 Å². The third kappa shape index (κ3) is 6.27. The molecule has 0 aliphatic carbocycles. The Bertz CT molecular complexity index is 670. The largest absolute Gasteiger partial charge is 0.267 e. The van der Waals surface area contributed by atoms with E-state index in [4.69, 9.17) is 5.10 Å². The Morgan fingerprint density at radius 1 is 1.28 bits per heavy atom. The Morgan fingerprint density at radius 3 is 2.40 bits per heavy atom. The van der Waals surface area contributed by atoms with Gasteiger partial charge in [0.15, 0.2) is 0 Å². The Morgan fingerprint density at radius 2 is 1.92 bits per heavy atom. The maximum atomic E-state index is 4.89. The molecule has 0 aliphatic heterocycles. The van der Waals surface area contributed by atoms with Crippen molar-refractivity contribution in [1.29, 1.82) is 0 Å². The summed E-state index contributed by atoms with van der Waals surface area (Å²) < 4.78 is 0. The minimum absolute atomic E-state index is 0.529. The Hall–Kier alpha value is -1.13. The van der Waals surface area contributed by atoms with Crippen molar-refractivity contribution in [3.05, 3.63) is 47.1 Å². The number of benzene rings is 1. The van der Waals surface area contributed by atoms with Crippen LogP contribution >= 0.6 is 23.5 Å². The molecule has 1 unspecified atom stereocenters. The highest BCUT2D eigenvalue weighted by Crippen LogP contribution is 2.29. The van der Waals surface area contributed by atoms with E-state index < -0.39 is 0 Å². The first-order valence-electron chi connectivity index (χ1n) is 8.68. The van der Waals surface area contributed by atoms with Crippen LogP contribution in [0.4, 0.5) is 0 Å². The molecule has 0 radical (unpaired) electrons. The Labute approximate surface area is 162 Å². The predicted molar refractivity (Wildman–Crippen MR) is 119 cm³/mol. The van der Waals surface area contributed by atoms with Crippen LogP contribution in [0.15, 0.2) is 45.9 Å². The van der Waals surface area contributed by atoms with Gasteiger partial charge in [-0.05, 0) is 57.6 Å². The van der Waals surface area contributed by atoms with Crippen molar-refractivity contribution in [1.82, 2.24) is 5.01 Å². The van der Waals surface area contributed by atoms with E-state index in [1.165, 1.54) is 21.6 Å². The van der Waals surface area contributed by atoms with Crippen molar-refractivity contribution in [3.63, 3.8) is 0 Å². The molecule has 0 heterocycles. The summed E-state index contributed by atoms with van der Waals surface area (Å²) in [5, 5.41) is 8.43. The molecule has 1 rings (SSSR count). The van der Waals surface area contributed by atoms with E-state index in [1.54, 1.807) is 23.5 Å². The van der Waals surface area contributed by atoms with Gasteiger partial charge in [0.2, 0.25) is 0 Å². The zero-order chi connectivity index (χ0) is 19.1. The lowest BCUT2D eigenvalue weighted by atomic mass is 10.1. The second-order valence-corrected chi connectivity index (χ2v) is 8.85. The van der Waals surface area contributed by atoms with Crippen LogP contribution in [0.1, 0.15) is 52.2 Å². The van der Waals surface area contributed by atoms with Crippen molar-refractivity contribution in [2.45, 2.75) is 58.1 Å². The van der Waals surface area contributed by atoms with E-state index >= 15 is 0 Å². The molecule has 0 saturated heterocycles. The Balaban J connectivity index is 3.28. The molecule has 138 valence electrons. The molecule has 1 atom stereocenters. The van der Waals surface area contributed by atoms with Gasteiger partial charge in [-0.3, -0.25) is 5.01 Å². The SMILES string of the molecule is C=C(C)/C(=N/N(C)C(=C(C)C)c1ccc(C)c(SC)c1)SC(C)CC. The van der Waals surface area contributed by atoms with E-state index in [2.05, 4.69) is 65.7 Å². The van der Waals surface area contributed by atoms with Crippen molar-refractivity contribution in [2.24, 2.45) is 5.10 Å². The number of aryl methyl sites for hydroxylation is 1. The van der Waals surface area contributed by atoms with Crippen molar-refractivity contribution >= 4 is 34.3 Å². The topological polar surface area (TPSA) is 15.6 Å². The van der Waals surface area contributed by atoms with Gasteiger partial charge in [-0.1, -0.05) is 38.1 Å². The van der Waals surface area contributed by atoms with Gasteiger partial charge in [-0.15, -0.1) is 23.5 Å². The summed E-state index contributed by atoms with van der Waals surface area (Å²) in [6.45, 7) is 17.0. The minimum Gasteiger partial charge on any atom is -0.267 e. The highest BCUT2D eigenvalue weighted by molar-refractivity contribution is 8.14. The van der Waals surface area contributed by atoms with Crippen LogP contribution in [-0.4, -0.2) is 28.6 Å². The standard InChI is InChI=1S/C21H32N2S2/c1-10-17(7)25-21(15(4)5)22-23(8)20(14(2)3)18-12-11-16(6)19(13-18)24-9/h11-13,17H,4,10H2,1-3,5-9H3/b22-21-. The number of hydrazone groups is 1. The molecule has 1 aromatic carbocycles. The quantitative estimate of drug-likeness (QED) is 0.225. The summed E-state index contributed by atoms with van der Waals surface area (Å²) >= 11 is 3.58. The van der Waals surface area contributed by atoms with E-state index in [9.17, 15) is 0 Å². The number of hydrogen-bond donors (Lipinski definition) is 0. The summed E-state index contributed by atoms with van der Waals surface area (Å²) in [6, 6.07) is 6.64. The average Bonchev–Trinajstić information content (AvgIpc) is 2.55. The fourth-order valence-corrected chi connectivity index (χ4v) is 3.99. The van der Waals surface area contributed by atoms with Crippen LogP contribution < -0.4 is 0 Å². The molecule has 2 nitrogen and oxygen atoms in total. The Kier molecular flexibility index (Phi) is 8.87. The molecule has 0 fully saturated rings. The lowest BCUT2D eigenvalue weighted by Gasteiger charge is -2.23. The average molecular weight is 377 g/mol. The third-order valence-electron chi connectivity index (χ3n) is 3.97. The highest BCUT2D eigenvalue weighted by Gasteiger charge is 2.14. The summed E-state index contributed by atoms with van der Waals surface area (Å²) in [5.41, 5.74) is 5.93. The van der Waals surface area contributed by atoms with E-state index in [1.807, 2.05) is 19.0 Å². The molecule has 0 amide bonds. The zero-order valence-corrected chi connectivity index (χ0v) is 18.6. The van der Waals surface area contributed by atoms with Gasteiger partial charge in [0.25, 0.3) is 0 Å². The van der Waals surface area contributed by atoms with Crippen LogP contribution in [-0.2, 0) is 0 Å². The monoisotopic (exact) mass is 376 g/mol. The van der Waals surface area contributed by atoms with Crippen LogP contribution in [0, 0.1) is 6.92 Å². The molecule has 1 aromatic rings. The third-order valence-corrected chi connectivity index (χ3v) is 6.24. The number of hydrogen-bond acceptors (Lipinski definition) is 4. The fraction of sp³-hybridized carbons (Fsp3) is 0.476. The van der Waals surface area contributed by atoms with E-state index in [-0.39, 0.29) is 0 Å². The van der Waals surface area contributed by atoms with Crippen molar-refractivity contribution < 1.29 is 0 Å². The predicted octanol–water partition coefficient (Wildman–Crippen LogP) is 6.82. The van der Waals surface area contributed by atoms with E-state index in [0.717, 1.165) is 22.7 Å². The second kappa shape index (κ2) is 10.1. The molecule has 0 aromatic heterocycles. The lowest BCUT2D eigenvalue weighted by Crippen LogP contribution is -2.15. The van der Waals surface area contributed by atoms with Gasteiger partial charge in [0.1, 0.15) is 5.04 Å². The number of allylic oxidation sites excluding steroid dienone is 1.